The van der Waals surface area contributed by atoms with Crippen molar-refractivity contribution in [2.24, 2.45) is 11.1 Å². The maximum absolute atomic E-state index is 12.9. The fourth-order valence-electron chi connectivity index (χ4n) is 3.08. The number of hydrogen-bond acceptors (Lipinski definition) is 4. The Morgan fingerprint density at radius 1 is 1.40 bits per heavy atom. The summed E-state index contributed by atoms with van der Waals surface area (Å²) in [6.07, 6.45) is 2.86. The van der Waals surface area contributed by atoms with Crippen molar-refractivity contribution in [2.45, 2.75) is 57.7 Å². The molecular formula is C15H28N2O3. The molecule has 0 aromatic carbocycles. The van der Waals surface area contributed by atoms with Gasteiger partial charge < -0.3 is 20.1 Å². The lowest BCUT2D eigenvalue weighted by molar-refractivity contribution is -0.180. The van der Waals surface area contributed by atoms with Gasteiger partial charge in [0.05, 0.1) is 12.7 Å². The largest absolute Gasteiger partial charge is 0.383 e. The SMILES string of the molecule is CCOC1CC(N)(C(=O)N(CCOC)C2CC2)C1(C)C. The van der Waals surface area contributed by atoms with E-state index in [-0.39, 0.29) is 17.4 Å². The first kappa shape index (κ1) is 15.7. The summed E-state index contributed by atoms with van der Waals surface area (Å²) < 4.78 is 10.8. The van der Waals surface area contributed by atoms with Crippen LogP contribution in [0.5, 0.6) is 0 Å². The van der Waals surface area contributed by atoms with Gasteiger partial charge in [0, 0.05) is 38.1 Å². The van der Waals surface area contributed by atoms with Crippen molar-refractivity contribution in [1.29, 1.82) is 0 Å². The molecule has 0 spiro atoms. The number of nitrogens with zero attached hydrogens (tertiary/aromatic N) is 1. The summed E-state index contributed by atoms with van der Waals surface area (Å²) >= 11 is 0. The van der Waals surface area contributed by atoms with Crippen LogP contribution in [0.25, 0.3) is 0 Å². The molecule has 5 nitrogen and oxygen atoms in total. The van der Waals surface area contributed by atoms with Crippen LogP contribution in [0, 0.1) is 5.41 Å². The van der Waals surface area contributed by atoms with E-state index in [4.69, 9.17) is 15.2 Å². The molecule has 2 aliphatic carbocycles. The second kappa shape index (κ2) is 5.62. The van der Waals surface area contributed by atoms with Gasteiger partial charge in [0.15, 0.2) is 0 Å². The maximum Gasteiger partial charge on any atom is 0.243 e. The van der Waals surface area contributed by atoms with Crippen LogP contribution in [-0.2, 0) is 14.3 Å². The number of methoxy groups -OCH3 is 1. The smallest absolute Gasteiger partial charge is 0.243 e. The number of hydrogen-bond donors (Lipinski definition) is 1. The third-order valence-corrected chi connectivity index (χ3v) is 5.00. The van der Waals surface area contributed by atoms with Gasteiger partial charge >= 0.3 is 0 Å². The highest BCUT2D eigenvalue weighted by atomic mass is 16.5. The van der Waals surface area contributed by atoms with E-state index in [1.165, 1.54) is 0 Å². The molecule has 0 aliphatic heterocycles. The van der Waals surface area contributed by atoms with Crippen molar-refractivity contribution in [3.8, 4) is 0 Å². The number of carbonyl (C=O) groups excluding carboxylic acids is 1. The highest BCUT2D eigenvalue weighted by molar-refractivity contribution is 5.89. The van der Waals surface area contributed by atoms with Gasteiger partial charge in [-0.2, -0.15) is 0 Å². The van der Waals surface area contributed by atoms with Crippen LogP contribution >= 0.6 is 0 Å². The Balaban J connectivity index is 2.07. The van der Waals surface area contributed by atoms with Crippen molar-refractivity contribution in [3.05, 3.63) is 0 Å². The summed E-state index contributed by atoms with van der Waals surface area (Å²) in [4.78, 5) is 14.8. The van der Waals surface area contributed by atoms with E-state index in [1.807, 2.05) is 25.7 Å². The van der Waals surface area contributed by atoms with E-state index in [1.54, 1.807) is 7.11 Å². The summed E-state index contributed by atoms with van der Waals surface area (Å²) in [7, 11) is 1.66. The Morgan fingerprint density at radius 2 is 2.05 bits per heavy atom. The Morgan fingerprint density at radius 3 is 2.50 bits per heavy atom. The molecule has 2 aliphatic rings. The molecule has 2 atom stereocenters. The standard InChI is InChI=1S/C15H28N2O3/c1-5-20-12-10-15(16,14(12,2)3)13(18)17(8-9-19-4)11-6-7-11/h11-12H,5-10,16H2,1-4H3. The molecule has 116 valence electrons. The van der Waals surface area contributed by atoms with Crippen molar-refractivity contribution in [3.63, 3.8) is 0 Å². The Labute approximate surface area is 121 Å². The van der Waals surface area contributed by atoms with Gasteiger partial charge in [-0.1, -0.05) is 13.8 Å². The lowest BCUT2D eigenvalue weighted by atomic mass is 9.54. The van der Waals surface area contributed by atoms with E-state index in [9.17, 15) is 4.79 Å². The molecule has 0 saturated heterocycles. The normalized spacial score (nSPS) is 31.8. The van der Waals surface area contributed by atoms with Gasteiger partial charge in [-0.3, -0.25) is 4.79 Å². The van der Waals surface area contributed by atoms with Gasteiger partial charge in [0.25, 0.3) is 0 Å². The van der Waals surface area contributed by atoms with E-state index >= 15 is 0 Å². The molecule has 2 rings (SSSR count). The van der Waals surface area contributed by atoms with E-state index in [0.29, 0.717) is 32.2 Å². The number of nitrogens with two attached hydrogens (primary N) is 1. The minimum Gasteiger partial charge on any atom is -0.383 e. The molecule has 0 radical (unpaired) electrons. The quantitative estimate of drug-likeness (QED) is 0.762. The third kappa shape index (κ3) is 2.47. The van der Waals surface area contributed by atoms with Crippen molar-refractivity contribution >= 4 is 5.91 Å². The molecule has 1 amide bonds. The molecule has 2 saturated carbocycles. The lowest BCUT2D eigenvalue weighted by Crippen LogP contribution is -2.76. The minimum atomic E-state index is -0.802. The zero-order valence-corrected chi connectivity index (χ0v) is 13.1. The van der Waals surface area contributed by atoms with Crippen LogP contribution in [0.3, 0.4) is 0 Å². The van der Waals surface area contributed by atoms with Gasteiger partial charge in [-0.05, 0) is 19.8 Å². The highest BCUT2D eigenvalue weighted by Gasteiger charge is 2.64. The molecule has 2 N–H and O–H groups in total. The first-order chi connectivity index (χ1) is 9.38. The molecule has 5 heteroatoms. The zero-order chi connectivity index (χ0) is 15.0. The van der Waals surface area contributed by atoms with Crippen LogP contribution in [0.15, 0.2) is 0 Å². The van der Waals surface area contributed by atoms with Gasteiger partial charge in [0.1, 0.15) is 5.54 Å². The van der Waals surface area contributed by atoms with Crippen molar-refractivity contribution in [1.82, 2.24) is 4.90 Å². The first-order valence-corrected chi connectivity index (χ1v) is 7.59. The molecule has 0 heterocycles. The predicted molar refractivity (Wildman–Crippen MR) is 77.3 cm³/mol. The van der Waals surface area contributed by atoms with E-state index in [2.05, 4.69) is 0 Å². The van der Waals surface area contributed by atoms with E-state index in [0.717, 1.165) is 12.8 Å². The average Bonchev–Trinajstić information content (AvgIpc) is 3.23. The second-order valence-electron chi connectivity index (χ2n) is 6.56. The predicted octanol–water partition coefficient (Wildman–Crippen LogP) is 1.16. The number of ether oxygens (including phenoxy) is 2. The monoisotopic (exact) mass is 284 g/mol. The number of amides is 1. The van der Waals surface area contributed by atoms with E-state index < -0.39 is 5.54 Å². The highest BCUT2D eigenvalue weighted by Crippen LogP contribution is 2.51. The molecule has 20 heavy (non-hydrogen) atoms. The van der Waals surface area contributed by atoms with Crippen molar-refractivity contribution in [2.75, 3.05) is 26.9 Å². The summed E-state index contributed by atoms with van der Waals surface area (Å²) in [6, 6.07) is 0.361. The first-order valence-electron chi connectivity index (χ1n) is 7.59. The molecule has 2 fully saturated rings. The molecular weight excluding hydrogens is 256 g/mol. The van der Waals surface area contributed by atoms with Crippen molar-refractivity contribution < 1.29 is 14.3 Å². The van der Waals surface area contributed by atoms with Crippen LogP contribution < -0.4 is 5.73 Å². The fraction of sp³-hybridized carbons (Fsp3) is 0.933. The topological polar surface area (TPSA) is 64.8 Å². The van der Waals surface area contributed by atoms with Crippen LogP contribution in [0.2, 0.25) is 0 Å². The molecule has 0 aromatic rings. The number of rotatable bonds is 7. The average molecular weight is 284 g/mol. The van der Waals surface area contributed by atoms with Gasteiger partial charge in [-0.15, -0.1) is 0 Å². The number of carbonyl (C=O) groups is 1. The zero-order valence-electron chi connectivity index (χ0n) is 13.1. The van der Waals surface area contributed by atoms with Crippen LogP contribution in [0.4, 0.5) is 0 Å². The summed E-state index contributed by atoms with van der Waals surface area (Å²) in [6.45, 7) is 7.91. The summed E-state index contributed by atoms with van der Waals surface area (Å²) in [5, 5.41) is 0. The fourth-order valence-corrected chi connectivity index (χ4v) is 3.08. The second-order valence-corrected chi connectivity index (χ2v) is 6.56. The van der Waals surface area contributed by atoms with Crippen LogP contribution in [0.1, 0.15) is 40.0 Å². The molecule has 0 bridgehead atoms. The van der Waals surface area contributed by atoms with Gasteiger partial charge in [-0.25, -0.2) is 0 Å². The summed E-state index contributed by atoms with van der Waals surface area (Å²) in [5.41, 5.74) is 5.35. The molecule has 2 unspecified atom stereocenters. The molecule has 0 aromatic heterocycles. The summed E-state index contributed by atoms with van der Waals surface area (Å²) in [5.74, 6) is 0.0676. The lowest BCUT2D eigenvalue weighted by Gasteiger charge is -2.58. The Hall–Kier alpha value is -0.650. The maximum atomic E-state index is 12.9. The third-order valence-electron chi connectivity index (χ3n) is 5.00. The minimum absolute atomic E-state index is 0.0676. The Bertz CT molecular complexity index is 368. The Kier molecular flexibility index (Phi) is 4.42. The van der Waals surface area contributed by atoms with Crippen LogP contribution in [-0.4, -0.2) is 55.4 Å². The van der Waals surface area contributed by atoms with Gasteiger partial charge in [0.2, 0.25) is 5.91 Å².